The average molecular weight is 464 g/mol. The highest BCUT2D eigenvalue weighted by molar-refractivity contribution is 6.39. The minimum Gasteiger partial charge on any atom is -0.490 e. The predicted molar refractivity (Wildman–Crippen MR) is 115 cm³/mol. The minimum absolute atomic E-state index is 0.0953. The van der Waals surface area contributed by atoms with E-state index in [0.717, 1.165) is 0 Å². The Morgan fingerprint density at radius 3 is 2.29 bits per heavy atom. The summed E-state index contributed by atoms with van der Waals surface area (Å²) in [6, 6.07) is 11.9. The second-order valence-electron chi connectivity index (χ2n) is 6.23. The number of hydrogen-bond donors (Lipinski definition) is 2. The number of nitrogens with one attached hydrogen (secondary N) is 2. The Morgan fingerprint density at radius 2 is 1.65 bits per heavy atom. The third-order valence-corrected chi connectivity index (χ3v) is 4.74. The summed E-state index contributed by atoms with van der Waals surface area (Å²) >= 11 is 12.4. The van der Waals surface area contributed by atoms with Crippen LogP contribution in [0.25, 0.3) is 11.3 Å². The summed E-state index contributed by atoms with van der Waals surface area (Å²) in [6.45, 7) is 3.52. The Hall–Kier alpha value is -3.23. The molecule has 162 valence electrons. The van der Waals surface area contributed by atoms with Crippen molar-refractivity contribution in [3.05, 3.63) is 63.8 Å². The van der Waals surface area contributed by atoms with Crippen molar-refractivity contribution in [3.8, 4) is 22.8 Å². The number of amides is 2. The van der Waals surface area contributed by atoms with E-state index in [1.54, 1.807) is 49.4 Å². The molecule has 0 aliphatic carbocycles. The quantitative estimate of drug-likeness (QED) is 0.509. The molecule has 0 unspecified atom stereocenters. The molecule has 3 rings (SSSR count). The summed E-state index contributed by atoms with van der Waals surface area (Å²) in [6.07, 6.45) is 0. The maximum absolute atomic E-state index is 12.7. The lowest BCUT2D eigenvalue weighted by molar-refractivity contribution is -0.123. The van der Waals surface area contributed by atoms with Gasteiger partial charge in [-0.1, -0.05) is 46.6 Å². The van der Waals surface area contributed by atoms with E-state index in [0.29, 0.717) is 33.7 Å². The number of para-hydroxylation sites is 2. The fourth-order valence-corrected chi connectivity index (χ4v) is 3.32. The summed E-state index contributed by atoms with van der Waals surface area (Å²) in [4.78, 5) is 24.8. The van der Waals surface area contributed by atoms with Crippen LogP contribution in [0.2, 0.25) is 10.0 Å². The highest BCUT2D eigenvalue weighted by atomic mass is 35.5. The molecule has 0 atom stereocenters. The Balaban J connectivity index is 1.66. The number of rotatable bonds is 7. The number of ether oxygens (including phenoxy) is 2. The van der Waals surface area contributed by atoms with E-state index < -0.39 is 11.8 Å². The normalized spacial score (nSPS) is 10.5. The molecule has 0 radical (unpaired) electrons. The molecule has 10 heteroatoms. The molecule has 0 aliphatic rings. The van der Waals surface area contributed by atoms with Gasteiger partial charge in [0.2, 0.25) is 0 Å². The maximum Gasteiger partial charge on any atom is 0.276 e. The average Bonchev–Trinajstić information content (AvgIpc) is 3.12. The lowest BCUT2D eigenvalue weighted by atomic mass is 10.1. The fraction of sp³-hybridized carbons (Fsp3) is 0.190. The topological polar surface area (TPSA) is 103 Å². The molecule has 0 bridgehead atoms. The maximum atomic E-state index is 12.7. The van der Waals surface area contributed by atoms with Crippen LogP contribution in [0.1, 0.15) is 23.0 Å². The van der Waals surface area contributed by atoms with Gasteiger partial charge in [-0.2, -0.15) is 0 Å². The zero-order chi connectivity index (χ0) is 22.4. The number of carbonyl (C=O) groups excluding carboxylic acids is 2. The lowest BCUT2D eigenvalue weighted by Gasteiger charge is -2.12. The van der Waals surface area contributed by atoms with Crippen molar-refractivity contribution in [1.82, 2.24) is 16.0 Å². The molecule has 0 aliphatic heterocycles. The Morgan fingerprint density at radius 1 is 1.00 bits per heavy atom. The number of nitrogens with zero attached hydrogens (tertiary/aromatic N) is 1. The first-order valence-corrected chi connectivity index (χ1v) is 10.0. The van der Waals surface area contributed by atoms with Gasteiger partial charge in [0.25, 0.3) is 11.8 Å². The van der Waals surface area contributed by atoms with Crippen LogP contribution in [-0.4, -0.2) is 30.2 Å². The van der Waals surface area contributed by atoms with Gasteiger partial charge in [-0.25, -0.2) is 0 Å². The van der Waals surface area contributed by atoms with Crippen molar-refractivity contribution in [2.45, 2.75) is 13.8 Å². The minimum atomic E-state index is -0.646. The predicted octanol–water partition coefficient (Wildman–Crippen LogP) is 4.20. The largest absolute Gasteiger partial charge is 0.490 e. The van der Waals surface area contributed by atoms with Gasteiger partial charge in [0, 0.05) is 5.56 Å². The fourth-order valence-electron chi connectivity index (χ4n) is 2.75. The number of halogens is 2. The van der Waals surface area contributed by atoms with Crippen LogP contribution >= 0.6 is 23.2 Å². The molecule has 0 saturated heterocycles. The van der Waals surface area contributed by atoms with Gasteiger partial charge >= 0.3 is 0 Å². The van der Waals surface area contributed by atoms with E-state index in [1.165, 1.54) is 0 Å². The highest BCUT2D eigenvalue weighted by Gasteiger charge is 2.25. The van der Waals surface area contributed by atoms with Crippen LogP contribution in [0, 0.1) is 6.92 Å². The summed E-state index contributed by atoms with van der Waals surface area (Å²) < 4.78 is 16.1. The molecule has 0 fully saturated rings. The van der Waals surface area contributed by atoms with Crippen molar-refractivity contribution >= 4 is 35.0 Å². The molecule has 31 heavy (non-hydrogen) atoms. The number of benzene rings is 2. The van der Waals surface area contributed by atoms with Gasteiger partial charge in [-0.3, -0.25) is 20.4 Å². The van der Waals surface area contributed by atoms with E-state index in [1.807, 2.05) is 6.92 Å². The van der Waals surface area contributed by atoms with Crippen molar-refractivity contribution in [2.75, 3.05) is 13.2 Å². The summed E-state index contributed by atoms with van der Waals surface area (Å²) in [5.74, 6) is -0.0574. The van der Waals surface area contributed by atoms with Gasteiger partial charge in [0.1, 0.15) is 17.0 Å². The molecule has 1 aromatic heterocycles. The van der Waals surface area contributed by atoms with E-state index in [2.05, 4.69) is 16.0 Å². The second kappa shape index (κ2) is 10.2. The van der Waals surface area contributed by atoms with Crippen molar-refractivity contribution in [3.63, 3.8) is 0 Å². The molecule has 8 nitrogen and oxygen atoms in total. The van der Waals surface area contributed by atoms with Gasteiger partial charge in [-0.15, -0.1) is 0 Å². The van der Waals surface area contributed by atoms with E-state index in [-0.39, 0.29) is 23.6 Å². The van der Waals surface area contributed by atoms with Crippen LogP contribution in [0.4, 0.5) is 0 Å². The standard InChI is InChI=1S/C21H19Cl2N3O5/c1-3-29-15-9-4-5-10-16(15)30-11-17(27)24-25-21(28)18-12(2)31-26-20(18)19-13(22)7-6-8-14(19)23/h4-10H,3,11H2,1-2H3,(H,24,27)(H,25,28). The summed E-state index contributed by atoms with van der Waals surface area (Å²) in [5.41, 5.74) is 5.22. The van der Waals surface area contributed by atoms with Crippen LogP contribution in [0.15, 0.2) is 47.0 Å². The summed E-state index contributed by atoms with van der Waals surface area (Å²) in [5, 5.41) is 4.51. The molecular formula is C21H19Cl2N3O5. The molecule has 2 N–H and O–H groups in total. The van der Waals surface area contributed by atoms with Gasteiger partial charge in [0.05, 0.1) is 16.7 Å². The van der Waals surface area contributed by atoms with Gasteiger partial charge < -0.3 is 14.0 Å². The first kappa shape index (κ1) is 22.5. The highest BCUT2D eigenvalue weighted by Crippen LogP contribution is 2.36. The Kier molecular flexibility index (Phi) is 7.38. The Bertz CT molecular complexity index is 1080. The smallest absolute Gasteiger partial charge is 0.276 e. The molecule has 3 aromatic rings. The zero-order valence-electron chi connectivity index (χ0n) is 16.7. The Labute approximate surface area is 188 Å². The monoisotopic (exact) mass is 463 g/mol. The molecule has 2 amide bonds. The zero-order valence-corrected chi connectivity index (χ0v) is 18.2. The van der Waals surface area contributed by atoms with Crippen LogP contribution in [0.3, 0.4) is 0 Å². The third kappa shape index (κ3) is 5.28. The third-order valence-electron chi connectivity index (χ3n) is 4.11. The lowest BCUT2D eigenvalue weighted by Crippen LogP contribution is -2.44. The first-order chi connectivity index (χ1) is 14.9. The number of aromatic nitrogens is 1. The van der Waals surface area contributed by atoms with Gasteiger partial charge in [-0.05, 0) is 38.1 Å². The number of hydrazine groups is 1. The molecule has 0 saturated carbocycles. The van der Waals surface area contributed by atoms with E-state index in [9.17, 15) is 9.59 Å². The number of carbonyl (C=O) groups is 2. The van der Waals surface area contributed by atoms with Crippen LogP contribution in [0.5, 0.6) is 11.5 Å². The van der Waals surface area contributed by atoms with Crippen molar-refractivity contribution in [1.29, 1.82) is 0 Å². The molecule has 0 spiro atoms. The van der Waals surface area contributed by atoms with E-state index in [4.69, 9.17) is 37.2 Å². The number of hydrogen-bond acceptors (Lipinski definition) is 6. The van der Waals surface area contributed by atoms with Crippen LogP contribution in [-0.2, 0) is 4.79 Å². The van der Waals surface area contributed by atoms with Crippen molar-refractivity contribution in [2.24, 2.45) is 0 Å². The van der Waals surface area contributed by atoms with Crippen LogP contribution < -0.4 is 20.3 Å². The molecule has 2 aromatic carbocycles. The van der Waals surface area contributed by atoms with Crippen molar-refractivity contribution < 1.29 is 23.6 Å². The second-order valence-corrected chi connectivity index (χ2v) is 7.04. The van der Waals surface area contributed by atoms with E-state index >= 15 is 0 Å². The van der Waals surface area contributed by atoms with Gasteiger partial charge in [0.15, 0.2) is 18.1 Å². The first-order valence-electron chi connectivity index (χ1n) is 9.26. The summed E-state index contributed by atoms with van der Waals surface area (Å²) in [7, 11) is 0. The number of aryl methyl sites for hydroxylation is 1. The molecule has 1 heterocycles. The molecular weight excluding hydrogens is 445 g/mol. The SMILES string of the molecule is CCOc1ccccc1OCC(=O)NNC(=O)c1c(-c2c(Cl)cccc2Cl)noc1C.